The second-order valence-electron chi connectivity index (χ2n) is 7.20. The lowest BCUT2D eigenvalue weighted by Gasteiger charge is -2.36. The fraction of sp³-hybridized carbons (Fsp3) is 0.300. The van der Waals surface area contributed by atoms with Crippen molar-refractivity contribution in [1.82, 2.24) is 24.1 Å². The van der Waals surface area contributed by atoms with Crippen LogP contribution in [0, 0.1) is 6.92 Å². The number of benzene rings is 1. The number of piperazine rings is 1. The molecule has 1 fully saturated rings. The minimum absolute atomic E-state index is 0.0170. The van der Waals surface area contributed by atoms with Gasteiger partial charge in [0.05, 0.1) is 22.9 Å². The third kappa shape index (κ3) is 2.69. The predicted octanol–water partition coefficient (Wildman–Crippen LogP) is 1.61. The Morgan fingerprint density at radius 2 is 1.79 bits per heavy atom. The summed E-state index contributed by atoms with van der Waals surface area (Å²) in [6.45, 7) is 5.51. The highest BCUT2D eigenvalue weighted by molar-refractivity contribution is 5.81. The Labute approximate surface area is 161 Å². The van der Waals surface area contributed by atoms with Gasteiger partial charge in [-0.25, -0.2) is 14.5 Å². The maximum Gasteiger partial charge on any atom is 0.260 e. The van der Waals surface area contributed by atoms with Gasteiger partial charge in [0.1, 0.15) is 5.52 Å². The van der Waals surface area contributed by atoms with Crippen LogP contribution in [0.3, 0.4) is 0 Å². The molecule has 0 bridgehead atoms. The molecule has 1 aliphatic heterocycles. The summed E-state index contributed by atoms with van der Waals surface area (Å²) in [5.74, 6) is 0.978. The molecule has 0 atom stereocenters. The number of anilines is 2. The molecule has 142 valence electrons. The monoisotopic (exact) mass is 375 g/mol. The summed E-state index contributed by atoms with van der Waals surface area (Å²) in [5, 5.41) is 5.13. The molecule has 0 spiro atoms. The predicted molar refractivity (Wildman–Crippen MR) is 109 cm³/mol. The first kappa shape index (κ1) is 16.7. The van der Waals surface area contributed by atoms with E-state index in [2.05, 4.69) is 30.9 Å². The van der Waals surface area contributed by atoms with Gasteiger partial charge < -0.3 is 14.4 Å². The van der Waals surface area contributed by atoms with Crippen molar-refractivity contribution in [2.75, 3.05) is 36.0 Å². The van der Waals surface area contributed by atoms with Crippen LogP contribution in [0.15, 0.2) is 47.8 Å². The highest BCUT2D eigenvalue weighted by Gasteiger charge is 2.21. The Morgan fingerprint density at radius 1 is 1.00 bits per heavy atom. The fourth-order valence-electron chi connectivity index (χ4n) is 3.85. The average molecular weight is 375 g/mol. The third-order valence-electron chi connectivity index (χ3n) is 5.34. The van der Waals surface area contributed by atoms with Crippen molar-refractivity contribution in [3.05, 3.63) is 59.0 Å². The summed E-state index contributed by atoms with van der Waals surface area (Å²) in [4.78, 5) is 25.9. The Hall–Kier alpha value is -3.42. The number of hydrogen-bond acceptors (Lipinski definition) is 6. The van der Waals surface area contributed by atoms with E-state index in [1.165, 1.54) is 4.57 Å². The zero-order valence-electron chi connectivity index (χ0n) is 15.9. The molecule has 0 unspecified atom stereocenters. The first-order chi connectivity index (χ1) is 13.6. The summed E-state index contributed by atoms with van der Waals surface area (Å²) in [6, 6.07) is 7.97. The summed E-state index contributed by atoms with van der Waals surface area (Å²) in [7, 11) is 1.72. The Bertz CT molecular complexity index is 1230. The standard InChI is InChI=1S/C20H21N7O/c1-14-11-18-19(21-5-6-27(18)23-14)26-9-7-25(8-10-26)15-3-4-16-17(12-15)22-13-24(2)20(16)28/h3-6,11-13H,7-10H2,1-2H3. The zero-order valence-corrected chi connectivity index (χ0v) is 15.9. The van der Waals surface area contributed by atoms with Crippen molar-refractivity contribution in [1.29, 1.82) is 0 Å². The summed E-state index contributed by atoms with van der Waals surface area (Å²) in [6.07, 6.45) is 5.26. The average Bonchev–Trinajstić information content (AvgIpc) is 3.11. The van der Waals surface area contributed by atoms with Crippen molar-refractivity contribution < 1.29 is 0 Å². The lowest BCUT2D eigenvalue weighted by atomic mass is 10.2. The van der Waals surface area contributed by atoms with Gasteiger partial charge >= 0.3 is 0 Å². The minimum Gasteiger partial charge on any atom is -0.368 e. The van der Waals surface area contributed by atoms with Gasteiger partial charge in [0.25, 0.3) is 5.56 Å². The molecule has 1 aliphatic rings. The summed E-state index contributed by atoms with van der Waals surface area (Å²) in [5.41, 5.74) is 3.85. The number of hydrogen-bond donors (Lipinski definition) is 0. The van der Waals surface area contributed by atoms with Crippen molar-refractivity contribution in [3.63, 3.8) is 0 Å². The molecule has 4 heterocycles. The summed E-state index contributed by atoms with van der Waals surface area (Å²) < 4.78 is 3.39. The topological polar surface area (TPSA) is 71.6 Å². The Morgan fingerprint density at radius 3 is 2.61 bits per heavy atom. The fourth-order valence-corrected chi connectivity index (χ4v) is 3.85. The van der Waals surface area contributed by atoms with Crippen molar-refractivity contribution >= 4 is 27.9 Å². The molecular weight excluding hydrogens is 354 g/mol. The number of fused-ring (bicyclic) bond motifs is 2. The van der Waals surface area contributed by atoms with E-state index in [1.54, 1.807) is 19.6 Å². The Balaban J connectivity index is 1.39. The van der Waals surface area contributed by atoms with Crippen LogP contribution in [0.2, 0.25) is 0 Å². The first-order valence-electron chi connectivity index (χ1n) is 9.36. The van der Waals surface area contributed by atoms with Crippen molar-refractivity contribution in [2.24, 2.45) is 7.05 Å². The van der Waals surface area contributed by atoms with Gasteiger partial charge in [0.2, 0.25) is 0 Å². The molecule has 0 N–H and O–H groups in total. The molecule has 1 saturated heterocycles. The van der Waals surface area contributed by atoms with Gasteiger partial charge in [-0.2, -0.15) is 5.10 Å². The van der Waals surface area contributed by atoms with Crippen LogP contribution in [0.5, 0.6) is 0 Å². The molecule has 8 nitrogen and oxygen atoms in total. The molecule has 4 aromatic rings. The number of rotatable bonds is 2. The van der Waals surface area contributed by atoms with Crippen LogP contribution in [-0.2, 0) is 7.05 Å². The van der Waals surface area contributed by atoms with Crippen molar-refractivity contribution in [2.45, 2.75) is 6.92 Å². The van der Waals surface area contributed by atoms with E-state index in [1.807, 2.05) is 35.8 Å². The molecule has 0 radical (unpaired) electrons. The molecule has 0 aliphatic carbocycles. The molecule has 0 amide bonds. The molecule has 28 heavy (non-hydrogen) atoms. The van der Waals surface area contributed by atoms with E-state index in [-0.39, 0.29) is 5.56 Å². The maximum absolute atomic E-state index is 12.2. The van der Waals surface area contributed by atoms with Gasteiger partial charge in [-0.05, 0) is 31.2 Å². The van der Waals surface area contributed by atoms with Crippen LogP contribution >= 0.6 is 0 Å². The zero-order chi connectivity index (χ0) is 19.3. The van der Waals surface area contributed by atoms with E-state index in [9.17, 15) is 4.79 Å². The lowest BCUT2D eigenvalue weighted by Crippen LogP contribution is -2.47. The van der Waals surface area contributed by atoms with Crippen LogP contribution in [0.25, 0.3) is 16.4 Å². The van der Waals surface area contributed by atoms with Gasteiger partial charge in [-0.15, -0.1) is 0 Å². The second kappa shape index (κ2) is 6.33. The van der Waals surface area contributed by atoms with Crippen LogP contribution in [-0.4, -0.2) is 50.3 Å². The van der Waals surface area contributed by atoms with Crippen LogP contribution < -0.4 is 15.4 Å². The van der Waals surface area contributed by atoms with Crippen LogP contribution in [0.1, 0.15) is 5.69 Å². The van der Waals surface area contributed by atoms with Gasteiger partial charge in [-0.1, -0.05) is 0 Å². The normalized spacial score (nSPS) is 14.9. The molecule has 1 aromatic carbocycles. The molecule has 3 aromatic heterocycles. The van der Waals surface area contributed by atoms with Gasteiger partial charge in [0.15, 0.2) is 5.82 Å². The molecule has 8 heteroatoms. The van der Waals surface area contributed by atoms with Crippen LogP contribution in [0.4, 0.5) is 11.5 Å². The minimum atomic E-state index is -0.0170. The maximum atomic E-state index is 12.2. The Kier molecular flexibility index (Phi) is 3.78. The highest BCUT2D eigenvalue weighted by atomic mass is 16.1. The van der Waals surface area contributed by atoms with E-state index < -0.39 is 0 Å². The lowest BCUT2D eigenvalue weighted by molar-refractivity contribution is 0.647. The van der Waals surface area contributed by atoms with Gasteiger partial charge in [-0.3, -0.25) is 4.79 Å². The van der Waals surface area contributed by atoms with E-state index in [4.69, 9.17) is 0 Å². The molecule has 5 rings (SSSR count). The van der Waals surface area contributed by atoms with Crippen molar-refractivity contribution in [3.8, 4) is 0 Å². The largest absolute Gasteiger partial charge is 0.368 e. The second-order valence-corrected chi connectivity index (χ2v) is 7.20. The van der Waals surface area contributed by atoms with Gasteiger partial charge in [0, 0.05) is 51.3 Å². The third-order valence-corrected chi connectivity index (χ3v) is 5.34. The number of nitrogens with zero attached hydrogens (tertiary/aromatic N) is 7. The first-order valence-corrected chi connectivity index (χ1v) is 9.36. The quantitative estimate of drug-likeness (QED) is 0.530. The highest BCUT2D eigenvalue weighted by Crippen LogP contribution is 2.24. The van der Waals surface area contributed by atoms with E-state index in [0.717, 1.165) is 54.4 Å². The smallest absolute Gasteiger partial charge is 0.260 e. The molecular formula is C20H21N7O. The summed E-state index contributed by atoms with van der Waals surface area (Å²) >= 11 is 0. The van der Waals surface area contributed by atoms with E-state index >= 15 is 0 Å². The molecule has 0 saturated carbocycles. The SMILES string of the molecule is Cc1cc2c(N3CCN(c4ccc5c(=O)n(C)cnc5c4)CC3)nccn2n1. The number of aryl methyl sites for hydroxylation is 2. The number of aromatic nitrogens is 5. The van der Waals surface area contributed by atoms with E-state index in [0.29, 0.717) is 5.39 Å².